The molecular formula is C12H15BrF2. The molecule has 0 aliphatic heterocycles. The minimum absolute atomic E-state index is 0.0181. The summed E-state index contributed by atoms with van der Waals surface area (Å²) in [4.78, 5) is 0.0325. The molecular weight excluding hydrogens is 262 g/mol. The number of benzene rings is 1. The fourth-order valence-corrected chi connectivity index (χ4v) is 1.91. The first-order chi connectivity index (χ1) is 6.88. The molecule has 0 fully saturated rings. The van der Waals surface area contributed by atoms with E-state index in [2.05, 4.69) is 36.7 Å². The molecule has 0 aliphatic carbocycles. The summed E-state index contributed by atoms with van der Waals surface area (Å²) in [6.07, 6.45) is 0.960. The molecule has 3 heteroatoms. The Kier molecular flexibility index (Phi) is 3.87. The Balaban J connectivity index is 3.02. The van der Waals surface area contributed by atoms with Gasteiger partial charge in [-0.1, -0.05) is 42.8 Å². The van der Waals surface area contributed by atoms with Crippen molar-refractivity contribution in [3.8, 4) is 0 Å². The lowest BCUT2D eigenvalue weighted by Crippen LogP contribution is -2.16. The zero-order chi connectivity index (χ0) is 11.6. The zero-order valence-corrected chi connectivity index (χ0v) is 10.7. The van der Waals surface area contributed by atoms with Crippen LogP contribution in [0.1, 0.15) is 37.6 Å². The van der Waals surface area contributed by atoms with E-state index in [0.717, 1.165) is 12.0 Å². The Morgan fingerprint density at radius 1 is 1.27 bits per heavy atom. The van der Waals surface area contributed by atoms with Gasteiger partial charge in [0.2, 0.25) is 0 Å². The monoisotopic (exact) mass is 276 g/mol. The molecule has 1 aromatic carbocycles. The summed E-state index contributed by atoms with van der Waals surface area (Å²) >= 11 is 3.54. The Labute approximate surface area is 97.8 Å². The molecule has 0 aliphatic rings. The molecule has 0 heterocycles. The highest BCUT2D eigenvalue weighted by atomic mass is 79.9. The molecule has 0 spiro atoms. The molecule has 1 aromatic rings. The van der Waals surface area contributed by atoms with Crippen LogP contribution in [0.15, 0.2) is 18.2 Å². The predicted molar refractivity (Wildman–Crippen MR) is 62.1 cm³/mol. The molecule has 1 rings (SSSR count). The van der Waals surface area contributed by atoms with Gasteiger partial charge in [-0.05, 0) is 29.5 Å². The van der Waals surface area contributed by atoms with E-state index in [-0.39, 0.29) is 10.2 Å². The molecule has 0 nitrogen and oxygen atoms in total. The summed E-state index contributed by atoms with van der Waals surface area (Å²) in [5.74, 6) is -1.59. The Bertz CT molecular complexity index is 347. The van der Waals surface area contributed by atoms with Crippen LogP contribution in [0.25, 0.3) is 0 Å². The number of halogens is 3. The number of alkyl halides is 1. The quantitative estimate of drug-likeness (QED) is 0.694. The smallest absolute Gasteiger partial charge is 0.159 e. The highest BCUT2D eigenvalue weighted by Crippen LogP contribution is 2.42. The van der Waals surface area contributed by atoms with Crippen molar-refractivity contribution in [3.05, 3.63) is 35.4 Å². The molecule has 0 amide bonds. The SMILES string of the molecule is CCC(C)(C)C(Br)c1ccc(F)c(F)c1. The van der Waals surface area contributed by atoms with Gasteiger partial charge in [-0.3, -0.25) is 0 Å². The van der Waals surface area contributed by atoms with Crippen LogP contribution in [0, 0.1) is 17.0 Å². The topological polar surface area (TPSA) is 0 Å². The third-order valence-electron chi connectivity index (χ3n) is 2.83. The van der Waals surface area contributed by atoms with Gasteiger partial charge in [0.15, 0.2) is 11.6 Å². The summed E-state index contributed by atoms with van der Waals surface area (Å²) in [7, 11) is 0. The van der Waals surface area contributed by atoms with Crippen molar-refractivity contribution < 1.29 is 8.78 Å². The van der Waals surface area contributed by atoms with Crippen LogP contribution in [0.4, 0.5) is 8.78 Å². The van der Waals surface area contributed by atoms with E-state index >= 15 is 0 Å². The third-order valence-corrected chi connectivity index (χ3v) is 4.60. The molecule has 1 atom stereocenters. The Morgan fingerprint density at radius 2 is 1.87 bits per heavy atom. The van der Waals surface area contributed by atoms with Gasteiger partial charge in [0.05, 0.1) is 0 Å². The van der Waals surface area contributed by atoms with Crippen LogP contribution in [0.3, 0.4) is 0 Å². The molecule has 84 valence electrons. The number of hydrogen-bond donors (Lipinski definition) is 0. The summed E-state index contributed by atoms with van der Waals surface area (Å²) < 4.78 is 25.8. The third kappa shape index (κ3) is 2.77. The minimum atomic E-state index is -0.798. The fourth-order valence-electron chi connectivity index (χ4n) is 1.30. The maximum absolute atomic E-state index is 13.0. The van der Waals surface area contributed by atoms with Crippen molar-refractivity contribution in [3.63, 3.8) is 0 Å². The predicted octanol–water partition coefficient (Wildman–Crippen LogP) is 4.84. The first-order valence-corrected chi connectivity index (χ1v) is 5.89. The average molecular weight is 277 g/mol. The van der Waals surface area contributed by atoms with Crippen molar-refractivity contribution in [1.82, 2.24) is 0 Å². The average Bonchev–Trinajstić information content (AvgIpc) is 2.21. The van der Waals surface area contributed by atoms with Crippen molar-refractivity contribution in [2.24, 2.45) is 5.41 Å². The molecule has 0 saturated carbocycles. The van der Waals surface area contributed by atoms with E-state index in [1.807, 2.05) is 0 Å². The Morgan fingerprint density at radius 3 is 2.33 bits per heavy atom. The van der Waals surface area contributed by atoms with Crippen molar-refractivity contribution >= 4 is 15.9 Å². The van der Waals surface area contributed by atoms with Crippen LogP contribution in [-0.4, -0.2) is 0 Å². The second-order valence-corrected chi connectivity index (χ2v) is 5.29. The molecule has 0 saturated heterocycles. The summed E-state index contributed by atoms with van der Waals surface area (Å²) in [5.41, 5.74) is 0.797. The van der Waals surface area contributed by atoms with Gasteiger partial charge >= 0.3 is 0 Å². The van der Waals surface area contributed by atoms with Gasteiger partial charge in [-0.25, -0.2) is 8.78 Å². The van der Waals surface area contributed by atoms with Gasteiger partial charge in [0.25, 0.3) is 0 Å². The largest absolute Gasteiger partial charge is 0.204 e. The molecule has 1 unspecified atom stereocenters. The normalized spacial score (nSPS) is 14.0. The minimum Gasteiger partial charge on any atom is -0.204 e. The standard InChI is InChI=1S/C12H15BrF2/c1-4-12(2,3)11(13)8-5-6-9(14)10(15)7-8/h5-7,11H,4H2,1-3H3. The summed E-state index contributed by atoms with van der Waals surface area (Å²) in [6.45, 7) is 6.26. The maximum Gasteiger partial charge on any atom is 0.159 e. The lowest BCUT2D eigenvalue weighted by molar-refractivity contribution is 0.345. The first-order valence-electron chi connectivity index (χ1n) is 4.97. The van der Waals surface area contributed by atoms with Gasteiger partial charge in [-0.15, -0.1) is 0 Å². The fraction of sp³-hybridized carbons (Fsp3) is 0.500. The van der Waals surface area contributed by atoms with E-state index in [4.69, 9.17) is 0 Å². The van der Waals surface area contributed by atoms with Gasteiger partial charge in [0.1, 0.15) is 0 Å². The molecule has 15 heavy (non-hydrogen) atoms. The zero-order valence-electron chi connectivity index (χ0n) is 9.15. The van der Waals surface area contributed by atoms with Gasteiger partial charge in [0, 0.05) is 4.83 Å². The van der Waals surface area contributed by atoms with E-state index in [1.165, 1.54) is 12.1 Å². The van der Waals surface area contributed by atoms with Crippen LogP contribution in [-0.2, 0) is 0 Å². The van der Waals surface area contributed by atoms with Crippen LogP contribution < -0.4 is 0 Å². The van der Waals surface area contributed by atoms with Gasteiger partial charge < -0.3 is 0 Å². The van der Waals surface area contributed by atoms with Crippen molar-refractivity contribution in [1.29, 1.82) is 0 Å². The lowest BCUT2D eigenvalue weighted by atomic mass is 9.83. The number of hydrogen-bond acceptors (Lipinski definition) is 0. The van der Waals surface area contributed by atoms with E-state index < -0.39 is 11.6 Å². The highest BCUT2D eigenvalue weighted by Gasteiger charge is 2.27. The summed E-state index contributed by atoms with van der Waals surface area (Å²) in [5, 5.41) is 0. The van der Waals surface area contributed by atoms with Crippen LogP contribution in [0.2, 0.25) is 0 Å². The maximum atomic E-state index is 13.0. The number of rotatable bonds is 3. The van der Waals surface area contributed by atoms with Crippen LogP contribution >= 0.6 is 15.9 Å². The molecule has 0 N–H and O–H groups in total. The first kappa shape index (κ1) is 12.6. The lowest BCUT2D eigenvalue weighted by Gasteiger charge is -2.29. The van der Waals surface area contributed by atoms with E-state index in [0.29, 0.717) is 0 Å². The Hall–Kier alpha value is -0.440. The van der Waals surface area contributed by atoms with E-state index in [1.54, 1.807) is 6.07 Å². The second-order valence-electron chi connectivity index (χ2n) is 4.38. The molecule has 0 bridgehead atoms. The molecule has 0 radical (unpaired) electrons. The molecule has 0 aromatic heterocycles. The van der Waals surface area contributed by atoms with Gasteiger partial charge in [-0.2, -0.15) is 0 Å². The van der Waals surface area contributed by atoms with Crippen molar-refractivity contribution in [2.75, 3.05) is 0 Å². The van der Waals surface area contributed by atoms with Crippen molar-refractivity contribution in [2.45, 2.75) is 32.0 Å². The van der Waals surface area contributed by atoms with E-state index in [9.17, 15) is 8.78 Å². The summed E-state index contributed by atoms with van der Waals surface area (Å²) in [6, 6.07) is 4.05. The van der Waals surface area contributed by atoms with Crippen LogP contribution in [0.5, 0.6) is 0 Å². The second kappa shape index (κ2) is 4.60. The highest BCUT2D eigenvalue weighted by molar-refractivity contribution is 9.09.